The highest BCUT2D eigenvalue weighted by molar-refractivity contribution is 5.98. The number of Topliss-reactive ketones (excluding diaryl/α,β-unsaturated/α-hetero) is 1. The molecule has 2 aromatic rings. The maximum absolute atomic E-state index is 12.1. The molecule has 110 valence electrons. The summed E-state index contributed by atoms with van der Waals surface area (Å²) in [4.78, 5) is 27.2. The zero-order valence-electron chi connectivity index (χ0n) is 11.9. The maximum Gasteiger partial charge on any atom is 0.306 e. The zero-order valence-corrected chi connectivity index (χ0v) is 11.9. The number of carbonyl (C=O) groups is 2. The minimum absolute atomic E-state index is 0.0492. The van der Waals surface area contributed by atoms with Crippen LogP contribution in [0.2, 0.25) is 0 Å². The molecule has 0 bridgehead atoms. The van der Waals surface area contributed by atoms with Crippen molar-refractivity contribution in [2.24, 2.45) is 5.92 Å². The summed E-state index contributed by atoms with van der Waals surface area (Å²) in [5, 5.41) is 9.11. The number of ketones is 1. The summed E-state index contributed by atoms with van der Waals surface area (Å²) in [6.07, 6.45) is 6.50. The lowest BCUT2D eigenvalue weighted by molar-refractivity contribution is -0.141. The van der Waals surface area contributed by atoms with Crippen molar-refractivity contribution in [2.45, 2.75) is 26.2 Å². The van der Waals surface area contributed by atoms with Gasteiger partial charge in [0.25, 0.3) is 0 Å². The van der Waals surface area contributed by atoms with Gasteiger partial charge in [0.1, 0.15) is 0 Å². The van der Waals surface area contributed by atoms with Crippen LogP contribution in [0, 0.1) is 5.92 Å². The quantitative estimate of drug-likeness (QED) is 0.794. The fourth-order valence-corrected chi connectivity index (χ4v) is 2.23. The molecule has 1 aromatic heterocycles. The van der Waals surface area contributed by atoms with Crippen molar-refractivity contribution in [1.29, 1.82) is 0 Å². The molecule has 21 heavy (non-hydrogen) atoms. The Kier molecular flexibility index (Phi) is 4.87. The van der Waals surface area contributed by atoms with Crippen LogP contribution < -0.4 is 0 Å². The van der Waals surface area contributed by atoms with E-state index in [0.717, 1.165) is 12.1 Å². The van der Waals surface area contributed by atoms with Gasteiger partial charge < -0.3 is 9.67 Å². The number of carboxylic acid groups (broad SMARTS) is 1. The summed E-state index contributed by atoms with van der Waals surface area (Å²) in [5.41, 5.74) is 1.45. The first-order valence-electron chi connectivity index (χ1n) is 6.96. The smallest absolute Gasteiger partial charge is 0.306 e. The molecule has 0 saturated heterocycles. The van der Waals surface area contributed by atoms with Crippen LogP contribution in [0.25, 0.3) is 5.69 Å². The number of rotatable bonds is 7. The van der Waals surface area contributed by atoms with Crippen molar-refractivity contribution in [3.8, 4) is 5.69 Å². The second kappa shape index (κ2) is 6.83. The van der Waals surface area contributed by atoms with Crippen LogP contribution in [0.1, 0.15) is 36.5 Å². The second-order valence-corrected chi connectivity index (χ2v) is 4.97. The van der Waals surface area contributed by atoms with Gasteiger partial charge in [-0.2, -0.15) is 0 Å². The average molecular weight is 286 g/mol. The highest BCUT2D eigenvalue weighted by Crippen LogP contribution is 2.17. The zero-order chi connectivity index (χ0) is 15.2. The molecule has 0 saturated carbocycles. The van der Waals surface area contributed by atoms with Crippen LogP contribution in [-0.2, 0) is 4.79 Å². The Bertz CT molecular complexity index is 603. The van der Waals surface area contributed by atoms with Crippen LogP contribution >= 0.6 is 0 Å². The van der Waals surface area contributed by atoms with E-state index in [1.165, 1.54) is 0 Å². The summed E-state index contributed by atoms with van der Waals surface area (Å²) in [6.45, 7) is 1.92. The lowest BCUT2D eigenvalue weighted by atomic mass is 9.94. The number of carboxylic acids is 1. The Morgan fingerprint density at radius 1 is 1.29 bits per heavy atom. The number of nitrogens with zero attached hydrogens (tertiary/aromatic N) is 2. The van der Waals surface area contributed by atoms with E-state index in [9.17, 15) is 9.59 Å². The third-order valence-corrected chi connectivity index (χ3v) is 3.41. The highest BCUT2D eigenvalue weighted by atomic mass is 16.4. The van der Waals surface area contributed by atoms with Crippen molar-refractivity contribution in [2.75, 3.05) is 0 Å². The molecule has 5 nitrogen and oxygen atoms in total. The molecule has 1 unspecified atom stereocenters. The lowest BCUT2D eigenvalue weighted by Gasteiger charge is -2.10. The van der Waals surface area contributed by atoms with Crippen LogP contribution in [0.5, 0.6) is 0 Å². The van der Waals surface area contributed by atoms with Gasteiger partial charge in [-0.15, -0.1) is 0 Å². The Balaban J connectivity index is 2.07. The molecule has 0 aliphatic carbocycles. The van der Waals surface area contributed by atoms with Crippen LogP contribution in [0.15, 0.2) is 43.0 Å². The van der Waals surface area contributed by atoms with E-state index in [4.69, 9.17) is 5.11 Å². The summed E-state index contributed by atoms with van der Waals surface area (Å²) >= 11 is 0. The third kappa shape index (κ3) is 3.78. The summed E-state index contributed by atoms with van der Waals surface area (Å²) in [7, 11) is 0. The predicted octanol–water partition coefficient (Wildman–Crippen LogP) is 2.95. The van der Waals surface area contributed by atoms with Gasteiger partial charge in [0, 0.05) is 30.1 Å². The molecule has 0 radical (unpaired) electrons. The Morgan fingerprint density at radius 2 is 2.00 bits per heavy atom. The second-order valence-electron chi connectivity index (χ2n) is 4.97. The van der Waals surface area contributed by atoms with Gasteiger partial charge in [0.05, 0.1) is 12.2 Å². The lowest BCUT2D eigenvalue weighted by Crippen LogP contribution is -2.18. The Morgan fingerprint density at radius 3 is 2.52 bits per heavy atom. The van der Waals surface area contributed by atoms with E-state index < -0.39 is 11.9 Å². The van der Waals surface area contributed by atoms with E-state index in [2.05, 4.69) is 4.98 Å². The largest absolute Gasteiger partial charge is 0.481 e. The molecule has 1 atom stereocenters. The van der Waals surface area contributed by atoms with E-state index in [1.54, 1.807) is 24.7 Å². The van der Waals surface area contributed by atoms with Crippen LogP contribution in [-0.4, -0.2) is 26.4 Å². The maximum atomic E-state index is 12.1. The number of aromatic nitrogens is 2. The molecule has 0 fully saturated rings. The number of hydrogen-bond donors (Lipinski definition) is 1. The van der Waals surface area contributed by atoms with E-state index >= 15 is 0 Å². The van der Waals surface area contributed by atoms with Gasteiger partial charge in [-0.3, -0.25) is 9.59 Å². The predicted molar refractivity (Wildman–Crippen MR) is 78.5 cm³/mol. The topological polar surface area (TPSA) is 72.2 Å². The van der Waals surface area contributed by atoms with Gasteiger partial charge >= 0.3 is 5.97 Å². The minimum atomic E-state index is -0.903. The van der Waals surface area contributed by atoms with E-state index in [1.807, 2.05) is 29.8 Å². The SMILES string of the molecule is CCCC(CC(=O)c1ccc(-n2ccnc2)cc1)C(=O)O. The fourth-order valence-electron chi connectivity index (χ4n) is 2.23. The standard InChI is InChI=1S/C16H18N2O3/c1-2-3-13(16(20)21)10-15(19)12-4-6-14(7-5-12)18-9-8-17-11-18/h4-9,11,13H,2-3,10H2,1H3,(H,20,21). The van der Waals surface area contributed by atoms with Gasteiger partial charge in [-0.25, -0.2) is 4.98 Å². The Hall–Kier alpha value is -2.43. The summed E-state index contributed by atoms with van der Waals surface area (Å²) in [6, 6.07) is 7.10. The molecular formula is C16H18N2O3. The number of imidazole rings is 1. The van der Waals surface area contributed by atoms with E-state index in [0.29, 0.717) is 12.0 Å². The van der Waals surface area contributed by atoms with Crippen molar-refractivity contribution in [1.82, 2.24) is 9.55 Å². The summed E-state index contributed by atoms with van der Waals surface area (Å²) < 4.78 is 1.84. The molecule has 0 spiro atoms. The van der Waals surface area contributed by atoms with E-state index in [-0.39, 0.29) is 12.2 Å². The first-order chi connectivity index (χ1) is 10.1. The fraction of sp³-hybridized carbons (Fsp3) is 0.312. The first-order valence-corrected chi connectivity index (χ1v) is 6.96. The number of aliphatic carboxylic acids is 1. The summed E-state index contributed by atoms with van der Waals surface area (Å²) in [5.74, 6) is -1.64. The van der Waals surface area contributed by atoms with Gasteiger partial charge in [0.2, 0.25) is 0 Å². The molecule has 1 heterocycles. The van der Waals surface area contributed by atoms with Gasteiger partial charge in [-0.05, 0) is 30.7 Å². The Labute approximate surface area is 123 Å². The van der Waals surface area contributed by atoms with Gasteiger partial charge in [0.15, 0.2) is 5.78 Å². The number of carbonyl (C=O) groups excluding carboxylic acids is 1. The van der Waals surface area contributed by atoms with Crippen molar-refractivity contribution < 1.29 is 14.7 Å². The van der Waals surface area contributed by atoms with Crippen molar-refractivity contribution in [3.63, 3.8) is 0 Å². The molecule has 0 aliphatic heterocycles. The molecule has 0 amide bonds. The molecule has 1 N–H and O–H groups in total. The van der Waals surface area contributed by atoms with Crippen molar-refractivity contribution in [3.05, 3.63) is 48.5 Å². The first kappa shape index (κ1) is 15.0. The minimum Gasteiger partial charge on any atom is -0.481 e. The molecule has 0 aliphatic rings. The van der Waals surface area contributed by atoms with Crippen LogP contribution in [0.3, 0.4) is 0 Å². The molecule has 1 aromatic carbocycles. The number of benzene rings is 1. The van der Waals surface area contributed by atoms with Crippen molar-refractivity contribution >= 4 is 11.8 Å². The molecule has 2 rings (SSSR count). The highest BCUT2D eigenvalue weighted by Gasteiger charge is 2.21. The number of hydrogen-bond acceptors (Lipinski definition) is 3. The average Bonchev–Trinajstić information content (AvgIpc) is 3.01. The molecular weight excluding hydrogens is 268 g/mol. The monoisotopic (exact) mass is 286 g/mol. The van der Waals surface area contributed by atoms with Gasteiger partial charge in [-0.1, -0.05) is 13.3 Å². The normalized spacial score (nSPS) is 12.0. The third-order valence-electron chi connectivity index (χ3n) is 3.41. The van der Waals surface area contributed by atoms with Crippen LogP contribution in [0.4, 0.5) is 0 Å². The molecule has 5 heteroatoms.